The van der Waals surface area contributed by atoms with Gasteiger partial charge in [-0.3, -0.25) is 0 Å². The van der Waals surface area contributed by atoms with Crippen molar-refractivity contribution >= 4 is 0 Å². The smallest absolute Gasteiger partial charge is 0.194 e. The zero-order valence-electron chi connectivity index (χ0n) is 10.9. The lowest BCUT2D eigenvalue weighted by Gasteiger charge is -2.19. The average molecular weight is 273 g/mol. The van der Waals surface area contributed by atoms with E-state index in [-0.39, 0.29) is 12.0 Å². The van der Waals surface area contributed by atoms with E-state index in [2.05, 4.69) is 12.2 Å². The molecule has 1 fully saturated rings. The number of hydrogen-bond acceptors (Lipinski definition) is 2. The van der Waals surface area contributed by atoms with Crippen LogP contribution in [0.15, 0.2) is 12.1 Å². The Hall–Kier alpha value is -1.07. The highest BCUT2D eigenvalue weighted by molar-refractivity contribution is 5.23. The van der Waals surface area contributed by atoms with Gasteiger partial charge in [0.05, 0.1) is 6.10 Å². The molecule has 0 aliphatic carbocycles. The standard InChI is InChI=1S/C14H18F3NO/c1-2-4-18-8-9-3-5-19-14(9)10-6-11(15)13(17)12(16)7-10/h6-7,9,14,18H,2-5,8H2,1H3. The molecule has 0 amide bonds. The van der Waals surface area contributed by atoms with Crippen molar-refractivity contribution in [1.29, 1.82) is 0 Å². The number of benzene rings is 1. The van der Waals surface area contributed by atoms with E-state index in [0.29, 0.717) is 12.2 Å². The third-order valence-electron chi connectivity index (χ3n) is 3.38. The van der Waals surface area contributed by atoms with Gasteiger partial charge in [-0.25, -0.2) is 13.2 Å². The van der Waals surface area contributed by atoms with Crippen LogP contribution in [-0.2, 0) is 4.74 Å². The summed E-state index contributed by atoms with van der Waals surface area (Å²) in [4.78, 5) is 0. The van der Waals surface area contributed by atoms with Gasteiger partial charge >= 0.3 is 0 Å². The summed E-state index contributed by atoms with van der Waals surface area (Å²) in [5.74, 6) is -3.59. The molecule has 1 heterocycles. The normalized spacial score (nSPS) is 22.9. The van der Waals surface area contributed by atoms with Gasteiger partial charge in [-0.15, -0.1) is 0 Å². The average Bonchev–Trinajstić information content (AvgIpc) is 2.84. The molecule has 1 aliphatic rings. The first-order valence-corrected chi connectivity index (χ1v) is 6.60. The predicted molar refractivity (Wildman–Crippen MR) is 66.3 cm³/mol. The molecule has 1 aromatic carbocycles. The summed E-state index contributed by atoms with van der Waals surface area (Å²) in [5, 5.41) is 3.28. The molecule has 0 spiro atoms. The van der Waals surface area contributed by atoms with E-state index in [4.69, 9.17) is 4.74 Å². The van der Waals surface area contributed by atoms with Gasteiger partial charge in [0.1, 0.15) is 0 Å². The van der Waals surface area contributed by atoms with Gasteiger partial charge in [-0.1, -0.05) is 6.92 Å². The predicted octanol–water partition coefficient (Wildman–Crippen LogP) is 3.18. The largest absolute Gasteiger partial charge is 0.373 e. The Morgan fingerprint density at radius 3 is 2.58 bits per heavy atom. The third kappa shape index (κ3) is 3.28. The van der Waals surface area contributed by atoms with E-state index in [1.54, 1.807) is 0 Å². The SMILES string of the molecule is CCCNCC1CCOC1c1cc(F)c(F)c(F)c1. The third-order valence-corrected chi connectivity index (χ3v) is 3.38. The first-order valence-electron chi connectivity index (χ1n) is 6.60. The number of rotatable bonds is 5. The fourth-order valence-corrected chi connectivity index (χ4v) is 2.41. The Balaban J connectivity index is 2.11. The van der Waals surface area contributed by atoms with Gasteiger partial charge < -0.3 is 10.1 Å². The Kier molecular flexibility index (Phi) is 4.82. The fraction of sp³-hybridized carbons (Fsp3) is 0.571. The van der Waals surface area contributed by atoms with Crippen molar-refractivity contribution in [1.82, 2.24) is 5.32 Å². The Bertz CT molecular complexity index is 416. The molecule has 1 aliphatic heterocycles. The molecule has 2 nitrogen and oxygen atoms in total. The quantitative estimate of drug-likeness (QED) is 0.657. The van der Waals surface area contributed by atoms with Crippen molar-refractivity contribution in [2.75, 3.05) is 19.7 Å². The first-order chi connectivity index (χ1) is 9.13. The van der Waals surface area contributed by atoms with Crippen LogP contribution in [0, 0.1) is 23.4 Å². The molecule has 2 atom stereocenters. The van der Waals surface area contributed by atoms with Crippen molar-refractivity contribution in [3.8, 4) is 0 Å². The molecule has 0 saturated carbocycles. The molecular formula is C14H18F3NO. The highest BCUT2D eigenvalue weighted by Gasteiger charge is 2.30. The summed E-state index contributed by atoms with van der Waals surface area (Å²) in [7, 11) is 0. The molecule has 1 aromatic rings. The van der Waals surface area contributed by atoms with Gasteiger partial charge in [0.15, 0.2) is 17.5 Å². The van der Waals surface area contributed by atoms with E-state index in [0.717, 1.165) is 38.1 Å². The number of halogens is 3. The van der Waals surface area contributed by atoms with E-state index in [9.17, 15) is 13.2 Å². The maximum atomic E-state index is 13.2. The van der Waals surface area contributed by atoms with Crippen LogP contribution in [0.5, 0.6) is 0 Å². The number of nitrogens with one attached hydrogen (secondary N) is 1. The van der Waals surface area contributed by atoms with Crippen LogP contribution in [0.1, 0.15) is 31.4 Å². The van der Waals surface area contributed by atoms with Gasteiger partial charge in [0, 0.05) is 19.1 Å². The van der Waals surface area contributed by atoms with Crippen LogP contribution in [0.2, 0.25) is 0 Å². The first kappa shape index (κ1) is 14.3. The minimum Gasteiger partial charge on any atom is -0.373 e. The Morgan fingerprint density at radius 2 is 1.95 bits per heavy atom. The van der Waals surface area contributed by atoms with E-state index in [1.165, 1.54) is 0 Å². The van der Waals surface area contributed by atoms with E-state index in [1.807, 2.05) is 0 Å². The summed E-state index contributed by atoms with van der Waals surface area (Å²) >= 11 is 0. The minimum absolute atomic E-state index is 0.163. The van der Waals surface area contributed by atoms with Crippen LogP contribution in [0.3, 0.4) is 0 Å². The van der Waals surface area contributed by atoms with Gasteiger partial charge in [0.2, 0.25) is 0 Å². The zero-order valence-corrected chi connectivity index (χ0v) is 10.9. The van der Waals surface area contributed by atoms with Crippen LogP contribution in [0.25, 0.3) is 0 Å². The summed E-state index contributed by atoms with van der Waals surface area (Å²) < 4.78 is 45.0. The van der Waals surface area contributed by atoms with Crippen molar-refractivity contribution in [3.05, 3.63) is 35.1 Å². The van der Waals surface area contributed by atoms with Crippen LogP contribution in [-0.4, -0.2) is 19.7 Å². The topological polar surface area (TPSA) is 21.3 Å². The summed E-state index contributed by atoms with van der Waals surface area (Å²) in [6.45, 7) is 4.26. The number of ether oxygens (including phenoxy) is 1. The van der Waals surface area contributed by atoms with E-state index < -0.39 is 17.5 Å². The second-order valence-electron chi connectivity index (χ2n) is 4.84. The van der Waals surface area contributed by atoms with Crippen molar-refractivity contribution < 1.29 is 17.9 Å². The lowest BCUT2D eigenvalue weighted by Crippen LogP contribution is -2.25. The molecule has 2 unspecified atom stereocenters. The second kappa shape index (κ2) is 6.39. The monoisotopic (exact) mass is 273 g/mol. The van der Waals surface area contributed by atoms with Gasteiger partial charge in [-0.05, 0) is 37.1 Å². The number of hydrogen-bond donors (Lipinski definition) is 1. The second-order valence-corrected chi connectivity index (χ2v) is 4.84. The zero-order chi connectivity index (χ0) is 13.8. The molecule has 0 aromatic heterocycles. The molecule has 106 valence electrons. The lowest BCUT2D eigenvalue weighted by atomic mass is 9.95. The van der Waals surface area contributed by atoms with Crippen LogP contribution in [0.4, 0.5) is 13.2 Å². The van der Waals surface area contributed by atoms with Gasteiger partial charge in [0.25, 0.3) is 0 Å². The lowest BCUT2D eigenvalue weighted by molar-refractivity contribution is 0.0898. The maximum absolute atomic E-state index is 13.2. The minimum atomic E-state index is -1.43. The molecule has 5 heteroatoms. The molecule has 1 saturated heterocycles. The summed E-state index contributed by atoms with van der Waals surface area (Å²) in [6.07, 6.45) is 1.49. The summed E-state index contributed by atoms with van der Waals surface area (Å²) in [5.41, 5.74) is 0.372. The summed E-state index contributed by atoms with van der Waals surface area (Å²) in [6, 6.07) is 2.06. The molecule has 0 bridgehead atoms. The fourth-order valence-electron chi connectivity index (χ4n) is 2.41. The van der Waals surface area contributed by atoms with Crippen LogP contribution >= 0.6 is 0 Å². The molecule has 1 N–H and O–H groups in total. The van der Waals surface area contributed by atoms with Gasteiger partial charge in [-0.2, -0.15) is 0 Å². The maximum Gasteiger partial charge on any atom is 0.194 e. The highest BCUT2D eigenvalue weighted by Crippen LogP contribution is 2.35. The molecule has 19 heavy (non-hydrogen) atoms. The Morgan fingerprint density at radius 1 is 1.26 bits per heavy atom. The van der Waals surface area contributed by atoms with Crippen LogP contribution < -0.4 is 5.32 Å². The van der Waals surface area contributed by atoms with Crippen molar-refractivity contribution in [3.63, 3.8) is 0 Å². The van der Waals surface area contributed by atoms with Crippen molar-refractivity contribution in [2.24, 2.45) is 5.92 Å². The van der Waals surface area contributed by atoms with E-state index >= 15 is 0 Å². The molecule has 2 rings (SSSR count). The van der Waals surface area contributed by atoms with Crippen molar-refractivity contribution in [2.45, 2.75) is 25.9 Å². The molecule has 0 radical (unpaired) electrons. The highest BCUT2D eigenvalue weighted by atomic mass is 19.2. The Labute approximate surface area is 111 Å². The molecular weight excluding hydrogens is 255 g/mol.